The minimum Gasteiger partial charge on any atom is -0.507 e. The van der Waals surface area contributed by atoms with Crippen LogP contribution >= 0.6 is 15.9 Å². The number of phenolic OH excluding ortho intramolecular Hbond substituents is 1. The highest BCUT2D eigenvalue weighted by Crippen LogP contribution is 2.24. The van der Waals surface area contributed by atoms with E-state index in [1.165, 1.54) is 6.07 Å². The largest absolute Gasteiger partial charge is 0.507 e. The third-order valence-corrected chi connectivity index (χ3v) is 2.73. The SMILES string of the molecule is O=C(c1ccccc1)c1ccc(Br)cc1O. The van der Waals surface area contributed by atoms with Crippen molar-refractivity contribution in [1.29, 1.82) is 0 Å². The summed E-state index contributed by atoms with van der Waals surface area (Å²) in [5.74, 6) is -0.186. The molecular formula is C13H9BrO2. The fourth-order valence-electron chi connectivity index (χ4n) is 1.44. The smallest absolute Gasteiger partial charge is 0.196 e. The molecule has 2 rings (SSSR count). The van der Waals surface area contributed by atoms with Crippen molar-refractivity contribution in [2.45, 2.75) is 0 Å². The van der Waals surface area contributed by atoms with Crippen LogP contribution in [0.2, 0.25) is 0 Å². The number of hydrogen-bond donors (Lipinski definition) is 1. The van der Waals surface area contributed by atoms with Gasteiger partial charge in [0.15, 0.2) is 5.78 Å². The molecule has 0 amide bonds. The van der Waals surface area contributed by atoms with Crippen molar-refractivity contribution in [1.82, 2.24) is 0 Å². The summed E-state index contributed by atoms with van der Waals surface area (Å²) in [5.41, 5.74) is 0.884. The molecule has 16 heavy (non-hydrogen) atoms. The average molecular weight is 277 g/mol. The number of halogens is 1. The van der Waals surface area contributed by atoms with E-state index in [1.807, 2.05) is 6.07 Å². The van der Waals surface area contributed by atoms with Gasteiger partial charge < -0.3 is 5.11 Å². The quantitative estimate of drug-likeness (QED) is 0.854. The molecule has 2 aromatic rings. The number of benzene rings is 2. The van der Waals surface area contributed by atoms with Crippen LogP contribution in [0.4, 0.5) is 0 Å². The Morgan fingerprint density at radius 3 is 2.38 bits per heavy atom. The lowest BCUT2D eigenvalue weighted by Gasteiger charge is -2.04. The maximum Gasteiger partial charge on any atom is 0.196 e. The van der Waals surface area contributed by atoms with Gasteiger partial charge in [0.25, 0.3) is 0 Å². The van der Waals surface area contributed by atoms with Gasteiger partial charge in [0.05, 0.1) is 5.56 Å². The Bertz CT molecular complexity index is 521. The van der Waals surface area contributed by atoms with Gasteiger partial charge >= 0.3 is 0 Å². The van der Waals surface area contributed by atoms with E-state index in [-0.39, 0.29) is 11.5 Å². The van der Waals surface area contributed by atoms with Gasteiger partial charge in [-0.25, -0.2) is 0 Å². The van der Waals surface area contributed by atoms with Gasteiger partial charge in [0, 0.05) is 10.0 Å². The van der Waals surface area contributed by atoms with Gasteiger partial charge in [-0.2, -0.15) is 0 Å². The molecule has 0 fully saturated rings. The van der Waals surface area contributed by atoms with Crippen molar-refractivity contribution in [2.75, 3.05) is 0 Å². The molecule has 0 saturated carbocycles. The third kappa shape index (κ3) is 2.14. The van der Waals surface area contributed by atoms with Crippen LogP contribution in [0.15, 0.2) is 53.0 Å². The number of ketones is 1. The van der Waals surface area contributed by atoms with Crippen molar-refractivity contribution in [2.24, 2.45) is 0 Å². The molecule has 1 N–H and O–H groups in total. The van der Waals surface area contributed by atoms with Crippen molar-refractivity contribution < 1.29 is 9.90 Å². The predicted molar refractivity (Wildman–Crippen MR) is 65.7 cm³/mol. The Labute approximate surface area is 102 Å². The van der Waals surface area contributed by atoms with E-state index in [9.17, 15) is 9.90 Å². The topological polar surface area (TPSA) is 37.3 Å². The second kappa shape index (κ2) is 4.49. The maximum atomic E-state index is 12.0. The van der Waals surface area contributed by atoms with E-state index >= 15 is 0 Å². The van der Waals surface area contributed by atoms with Crippen molar-refractivity contribution in [3.05, 3.63) is 64.1 Å². The van der Waals surface area contributed by atoms with Gasteiger partial charge in [-0.1, -0.05) is 46.3 Å². The number of carbonyl (C=O) groups excluding carboxylic acids is 1. The van der Waals surface area contributed by atoms with E-state index in [0.29, 0.717) is 11.1 Å². The van der Waals surface area contributed by atoms with Crippen molar-refractivity contribution in [3.63, 3.8) is 0 Å². The highest BCUT2D eigenvalue weighted by molar-refractivity contribution is 9.10. The Balaban J connectivity index is 2.42. The number of aromatic hydroxyl groups is 1. The molecule has 0 heterocycles. The number of phenols is 1. The first kappa shape index (κ1) is 10.9. The van der Waals surface area contributed by atoms with E-state index in [4.69, 9.17) is 0 Å². The summed E-state index contributed by atoms with van der Waals surface area (Å²) in [5, 5.41) is 9.67. The van der Waals surface area contributed by atoms with Gasteiger partial charge in [0.1, 0.15) is 5.75 Å². The molecule has 0 bridgehead atoms. The molecular weight excluding hydrogens is 268 g/mol. The maximum absolute atomic E-state index is 12.0. The lowest BCUT2D eigenvalue weighted by molar-refractivity contribution is 0.103. The predicted octanol–water partition coefficient (Wildman–Crippen LogP) is 3.39. The summed E-state index contributed by atoms with van der Waals surface area (Å²) in [4.78, 5) is 12.0. The summed E-state index contributed by atoms with van der Waals surface area (Å²) in [7, 11) is 0. The van der Waals surface area contributed by atoms with Crippen LogP contribution in [0.5, 0.6) is 5.75 Å². The molecule has 2 aromatic carbocycles. The Hall–Kier alpha value is -1.61. The second-order valence-electron chi connectivity index (χ2n) is 3.36. The van der Waals surface area contributed by atoms with E-state index < -0.39 is 0 Å². The summed E-state index contributed by atoms with van der Waals surface area (Å²) in [6.45, 7) is 0. The van der Waals surface area contributed by atoms with Crippen LogP contribution in [-0.4, -0.2) is 10.9 Å². The average Bonchev–Trinajstić information content (AvgIpc) is 2.29. The van der Waals surface area contributed by atoms with Gasteiger partial charge in [-0.05, 0) is 18.2 Å². The summed E-state index contributed by atoms with van der Waals surface area (Å²) in [6, 6.07) is 13.7. The molecule has 0 saturated heterocycles. The normalized spacial score (nSPS) is 10.1. The van der Waals surface area contributed by atoms with Crippen LogP contribution in [0.3, 0.4) is 0 Å². The molecule has 0 spiro atoms. The first-order valence-electron chi connectivity index (χ1n) is 4.77. The molecule has 0 aromatic heterocycles. The molecule has 0 radical (unpaired) electrons. The highest BCUT2D eigenvalue weighted by Gasteiger charge is 2.12. The summed E-state index contributed by atoms with van der Waals surface area (Å²) >= 11 is 3.23. The van der Waals surface area contributed by atoms with E-state index in [1.54, 1.807) is 36.4 Å². The molecule has 0 unspecified atom stereocenters. The second-order valence-corrected chi connectivity index (χ2v) is 4.27. The van der Waals surface area contributed by atoms with Gasteiger partial charge in [-0.3, -0.25) is 4.79 Å². The fourth-order valence-corrected chi connectivity index (χ4v) is 1.79. The third-order valence-electron chi connectivity index (χ3n) is 2.24. The van der Waals surface area contributed by atoms with Crippen LogP contribution in [0.1, 0.15) is 15.9 Å². The Morgan fingerprint density at radius 2 is 1.75 bits per heavy atom. The Morgan fingerprint density at radius 1 is 1.06 bits per heavy atom. The molecule has 0 atom stereocenters. The molecule has 0 aliphatic rings. The number of hydrogen-bond acceptors (Lipinski definition) is 2. The highest BCUT2D eigenvalue weighted by atomic mass is 79.9. The monoisotopic (exact) mass is 276 g/mol. The lowest BCUT2D eigenvalue weighted by Crippen LogP contribution is -2.01. The minimum atomic E-state index is -0.175. The number of rotatable bonds is 2. The van der Waals surface area contributed by atoms with Gasteiger partial charge in [-0.15, -0.1) is 0 Å². The molecule has 0 aliphatic carbocycles. The first-order valence-corrected chi connectivity index (χ1v) is 5.56. The van der Waals surface area contributed by atoms with Crippen LogP contribution in [-0.2, 0) is 0 Å². The fraction of sp³-hybridized carbons (Fsp3) is 0. The zero-order valence-electron chi connectivity index (χ0n) is 8.35. The summed E-state index contributed by atoms with van der Waals surface area (Å²) < 4.78 is 0.745. The zero-order chi connectivity index (χ0) is 11.5. The lowest BCUT2D eigenvalue weighted by atomic mass is 10.0. The molecule has 2 nitrogen and oxygen atoms in total. The van der Waals surface area contributed by atoms with E-state index in [0.717, 1.165) is 4.47 Å². The standard InChI is InChI=1S/C13H9BrO2/c14-10-6-7-11(12(15)8-10)13(16)9-4-2-1-3-5-9/h1-8,15H. The van der Waals surface area contributed by atoms with Crippen LogP contribution < -0.4 is 0 Å². The van der Waals surface area contributed by atoms with Crippen LogP contribution in [0, 0.1) is 0 Å². The van der Waals surface area contributed by atoms with Gasteiger partial charge in [0.2, 0.25) is 0 Å². The van der Waals surface area contributed by atoms with Crippen molar-refractivity contribution in [3.8, 4) is 5.75 Å². The molecule has 3 heteroatoms. The van der Waals surface area contributed by atoms with E-state index in [2.05, 4.69) is 15.9 Å². The van der Waals surface area contributed by atoms with Crippen LogP contribution in [0.25, 0.3) is 0 Å². The zero-order valence-corrected chi connectivity index (χ0v) is 9.94. The molecule has 0 aliphatic heterocycles. The Kier molecular flexibility index (Phi) is 3.06. The summed E-state index contributed by atoms with van der Waals surface area (Å²) in [6.07, 6.45) is 0. The number of carbonyl (C=O) groups is 1. The van der Waals surface area contributed by atoms with Crippen molar-refractivity contribution >= 4 is 21.7 Å². The first-order chi connectivity index (χ1) is 7.68. The minimum absolute atomic E-state index is 0.0109. The molecule has 80 valence electrons.